The number of nitriles is 1. The van der Waals surface area contributed by atoms with Crippen molar-refractivity contribution in [1.29, 1.82) is 5.26 Å². The summed E-state index contributed by atoms with van der Waals surface area (Å²) >= 11 is 0. The van der Waals surface area contributed by atoms with E-state index in [0.717, 1.165) is 0 Å². The number of amides is 1. The van der Waals surface area contributed by atoms with Crippen LogP contribution in [0.25, 0.3) is 5.69 Å². The fourth-order valence-corrected chi connectivity index (χ4v) is 3.96. The van der Waals surface area contributed by atoms with Crippen molar-refractivity contribution in [3.05, 3.63) is 39.7 Å². The van der Waals surface area contributed by atoms with Crippen molar-refractivity contribution in [1.82, 2.24) is 19.0 Å². The molecule has 0 aliphatic carbocycles. The van der Waals surface area contributed by atoms with Crippen molar-refractivity contribution in [2.24, 2.45) is 0 Å². The highest BCUT2D eigenvalue weighted by Crippen LogP contribution is 2.48. The predicted molar refractivity (Wildman–Crippen MR) is 88.9 cm³/mol. The number of fused-ring (bicyclic) bond motifs is 5. The van der Waals surface area contributed by atoms with Gasteiger partial charge in [-0.25, -0.2) is 14.3 Å². The van der Waals surface area contributed by atoms with Crippen LogP contribution >= 0.6 is 0 Å². The van der Waals surface area contributed by atoms with Crippen LogP contribution in [0, 0.1) is 18.3 Å². The number of hydrogen-bond acceptors (Lipinski definition) is 6. The standard InChI is InChI=1S/C17H17N5O4/c1-9-3-10(6-19-12(9)5-18)22-16(24)15-13-4-11(21(15)17(22)25)7-20(13)14(23)8-26-2/h3,6,11,13,24H,4,7-8H2,1-2H3/t11-,13-/m0/s1. The van der Waals surface area contributed by atoms with Crippen molar-refractivity contribution in [3.8, 4) is 17.6 Å². The molecule has 1 fully saturated rings. The molecule has 0 radical (unpaired) electrons. The van der Waals surface area contributed by atoms with Gasteiger partial charge in [0.25, 0.3) is 0 Å². The van der Waals surface area contributed by atoms with E-state index < -0.39 is 0 Å². The van der Waals surface area contributed by atoms with E-state index in [-0.39, 0.29) is 41.9 Å². The normalized spacial score (nSPS) is 20.3. The van der Waals surface area contributed by atoms with Crippen molar-refractivity contribution < 1.29 is 14.6 Å². The van der Waals surface area contributed by atoms with Gasteiger partial charge in [0.15, 0.2) is 0 Å². The number of aromatic nitrogens is 3. The molecule has 4 rings (SSSR count). The van der Waals surface area contributed by atoms with Gasteiger partial charge in [0.1, 0.15) is 24.1 Å². The smallest absolute Gasteiger partial charge is 0.336 e. The number of hydrogen-bond donors (Lipinski definition) is 1. The maximum Gasteiger partial charge on any atom is 0.336 e. The van der Waals surface area contributed by atoms with Gasteiger partial charge in [-0.05, 0) is 25.0 Å². The average Bonchev–Trinajstić information content (AvgIpc) is 3.27. The van der Waals surface area contributed by atoms with Crippen LogP contribution in [-0.2, 0) is 9.53 Å². The van der Waals surface area contributed by atoms with Gasteiger partial charge in [-0.3, -0.25) is 9.36 Å². The van der Waals surface area contributed by atoms with Crippen molar-refractivity contribution in [2.45, 2.75) is 25.4 Å². The van der Waals surface area contributed by atoms with Crippen molar-refractivity contribution in [3.63, 3.8) is 0 Å². The number of pyridine rings is 1. The number of imidazole rings is 1. The van der Waals surface area contributed by atoms with Crippen LogP contribution in [0.15, 0.2) is 17.1 Å². The van der Waals surface area contributed by atoms with Crippen LogP contribution in [0.1, 0.15) is 35.5 Å². The molecule has 4 heterocycles. The first kappa shape index (κ1) is 16.4. The third kappa shape index (κ3) is 2.09. The Morgan fingerprint density at radius 3 is 2.96 bits per heavy atom. The van der Waals surface area contributed by atoms with Gasteiger partial charge in [0, 0.05) is 13.7 Å². The summed E-state index contributed by atoms with van der Waals surface area (Å²) in [4.78, 5) is 30.8. The molecule has 0 aromatic carbocycles. The second-order valence-electron chi connectivity index (χ2n) is 6.55. The summed E-state index contributed by atoms with van der Waals surface area (Å²) in [6.45, 7) is 2.11. The molecule has 2 aliphatic heterocycles. The van der Waals surface area contributed by atoms with Crippen LogP contribution in [-0.4, -0.2) is 50.3 Å². The number of rotatable bonds is 3. The average molecular weight is 355 g/mol. The zero-order valence-corrected chi connectivity index (χ0v) is 14.3. The molecule has 9 heteroatoms. The summed E-state index contributed by atoms with van der Waals surface area (Å²) in [5.74, 6) is -0.356. The van der Waals surface area contributed by atoms with Gasteiger partial charge in [0.05, 0.1) is 24.0 Å². The zero-order chi connectivity index (χ0) is 18.6. The topological polar surface area (TPSA) is 113 Å². The first-order chi connectivity index (χ1) is 12.5. The first-order valence-corrected chi connectivity index (χ1v) is 8.19. The van der Waals surface area contributed by atoms with E-state index in [0.29, 0.717) is 29.9 Å². The summed E-state index contributed by atoms with van der Waals surface area (Å²) in [7, 11) is 1.45. The Hall–Kier alpha value is -3.12. The Morgan fingerprint density at radius 1 is 1.54 bits per heavy atom. The first-order valence-electron chi connectivity index (χ1n) is 8.19. The lowest BCUT2D eigenvalue weighted by Crippen LogP contribution is -2.39. The second kappa shape index (κ2) is 5.71. The highest BCUT2D eigenvalue weighted by Gasteiger charge is 2.49. The van der Waals surface area contributed by atoms with Crippen LogP contribution in [0.5, 0.6) is 5.88 Å². The van der Waals surface area contributed by atoms with Gasteiger partial charge in [-0.2, -0.15) is 5.26 Å². The third-order valence-electron chi connectivity index (χ3n) is 5.07. The van der Waals surface area contributed by atoms with Gasteiger partial charge >= 0.3 is 5.69 Å². The highest BCUT2D eigenvalue weighted by atomic mass is 16.5. The third-order valence-corrected chi connectivity index (χ3v) is 5.07. The van der Waals surface area contributed by atoms with E-state index in [2.05, 4.69) is 4.98 Å². The summed E-state index contributed by atoms with van der Waals surface area (Å²) in [5, 5.41) is 19.7. The molecule has 1 saturated heterocycles. The van der Waals surface area contributed by atoms with Crippen LogP contribution in [0.3, 0.4) is 0 Å². The Balaban J connectivity index is 1.80. The minimum atomic E-state index is -0.366. The highest BCUT2D eigenvalue weighted by molar-refractivity contribution is 5.78. The van der Waals surface area contributed by atoms with Crippen LogP contribution in [0.2, 0.25) is 0 Å². The number of aryl methyl sites for hydroxylation is 1. The molecule has 1 amide bonds. The fourth-order valence-electron chi connectivity index (χ4n) is 3.96. The van der Waals surface area contributed by atoms with Gasteiger partial charge in [-0.15, -0.1) is 0 Å². The Labute approximate surface area is 148 Å². The van der Waals surface area contributed by atoms with Crippen LogP contribution in [0.4, 0.5) is 0 Å². The van der Waals surface area contributed by atoms with E-state index >= 15 is 0 Å². The predicted octanol–water partition coefficient (Wildman–Crippen LogP) is 0.394. The summed E-state index contributed by atoms with van der Waals surface area (Å²) in [6.07, 6.45) is 2.00. The number of ether oxygens (including phenoxy) is 1. The Kier molecular flexibility index (Phi) is 3.59. The van der Waals surface area contributed by atoms with Gasteiger partial charge in [-0.1, -0.05) is 0 Å². The molecule has 26 heavy (non-hydrogen) atoms. The van der Waals surface area contributed by atoms with E-state index in [1.165, 1.54) is 17.9 Å². The van der Waals surface area contributed by atoms with Crippen molar-refractivity contribution >= 4 is 5.91 Å². The number of likely N-dealkylation sites (tertiary alicyclic amines) is 1. The zero-order valence-electron chi connectivity index (χ0n) is 14.3. The lowest BCUT2D eigenvalue weighted by Gasteiger charge is -2.27. The summed E-state index contributed by atoms with van der Waals surface area (Å²) in [5.41, 5.74) is 1.35. The fraction of sp³-hybridized carbons (Fsp3) is 0.412. The molecule has 1 N–H and O–H groups in total. The maximum atomic E-state index is 12.9. The lowest BCUT2D eigenvalue weighted by atomic mass is 10.2. The number of carbonyl (C=O) groups is 1. The van der Waals surface area contributed by atoms with Crippen LogP contribution < -0.4 is 5.69 Å². The molecule has 2 bridgehead atoms. The Morgan fingerprint density at radius 2 is 2.31 bits per heavy atom. The Bertz CT molecular complexity index is 1020. The minimum absolute atomic E-state index is 0.0341. The molecule has 2 aliphatic rings. The molecule has 2 aromatic heterocycles. The summed E-state index contributed by atoms with van der Waals surface area (Å²) < 4.78 is 7.65. The lowest BCUT2D eigenvalue weighted by molar-refractivity contribution is -0.136. The van der Waals surface area contributed by atoms with E-state index in [1.54, 1.807) is 22.5 Å². The molecule has 0 spiro atoms. The number of carbonyl (C=O) groups excluding carboxylic acids is 1. The number of aromatic hydroxyl groups is 1. The minimum Gasteiger partial charge on any atom is -0.493 e. The van der Waals surface area contributed by atoms with Crippen molar-refractivity contribution in [2.75, 3.05) is 20.3 Å². The molecular formula is C17H17N5O4. The molecule has 0 unspecified atom stereocenters. The van der Waals surface area contributed by atoms with E-state index in [4.69, 9.17) is 10.00 Å². The largest absolute Gasteiger partial charge is 0.493 e. The molecule has 0 saturated carbocycles. The maximum absolute atomic E-state index is 12.9. The summed E-state index contributed by atoms with van der Waals surface area (Å²) in [6, 6.07) is 3.10. The van der Waals surface area contributed by atoms with E-state index in [1.807, 2.05) is 6.07 Å². The molecule has 2 aromatic rings. The molecule has 134 valence electrons. The molecule has 9 nitrogen and oxygen atoms in total. The van der Waals surface area contributed by atoms with Gasteiger partial charge in [0.2, 0.25) is 11.8 Å². The number of methoxy groups -OCH3 is 1. The quantitative estimate of drug-likeness (QED) is 0.852. The van der Waals surface area contributed by atoms with Gasteiger partial charge < -0.3 is 14.7 Å². The SMILES string of the molecule is COCC(=O)N1C[C@@H]2C[C@H]1c1c(O)n(-c3cnc(C#N)c(C)c3)c(=O)n12. The number of nitrogens with zero attached hydrogens (tertiary/aromatic N) is 5. The molecule has 2 atom stereocenters. The molecular weight excluding hydrogens is 338 g/mol. The monoisotopic (exact) mass is 355 g/mol. The second-order valence-corrected chi connectivity index (χ2v) is 6.55. The van der Waals surface area contributed by atoms with E-state index in [9.17, 15) is 14.7 Å².